The number of aryl methyl sites for hydroxylation is 2. The third kappa shape index (κ3) is 2.65. The van der Waals surface area contributed by atoms with Gasteiger partial charge in [-0.25, -0.2) is 0 Å². The molecule has 0 radical (unpaired) electrons. The molecule has 2 aromatic rings. The Morgan fingerprint density at radius 1 is 1.44 bits per heavy atom. The van der Waals surface area contributed by atoms with Crippen molar-refractivity contribution in [2.45, 2.75) is 13.8 Å². The Morgan fingerprint density at radius 3 is 2.83 bits per heavy atom. The summed E-state index contributed by atoms with van der Waals surface area (Å²) in [5, 5.41) is 15.2. The molecule has 0 spiro atoms. The van der Waals surface area contributed by atoms with Crippen molar-refractivity contribution in [1.29, 1.82) is 0 Å². The van der Waals surface area contributed by atoms with Crippen molar-refractivity contribution in [3.63, 3.8) is 0 Å². The van der Waals surface area contributed by atoms with Gasteiger partial charge in [0.2, 0.25) is 0 Å². The quantitative estimate of drug-likeness (QED) is 0.857. The number of aromatic nitrogens is 2. The molecule has 1 aromatic heterocycles. The fourth-order valence-electron chi connectivity index (χ4n) is 1.53. The van der Waals surface area contributed by atoms with Gasteiger partial charge >= 0.3 is 5.97 Å². The molecule has 0 atom stereocenters. The van der Waals surface area contributed by atoms with Crippen LogP contribution in [0.5, 0.6) is 0 Å². The van der Waals surface area contributed by atoms with Crippen molar-refractivity contribution in [1.82, 2.24) is 10.1 Å². The summed E-state index contributed by atoms with van der Waals surface area (Å²) in [5.41, 5.74) is 2.45. The van der Waals surface area contributed by atoms with Gasteiger partial charge in [0.25, 0.3) is 5.89 Å². The first-order valence-corrected chi connectivity index (χ1v) is 5.43. The zero-order chi connectivity index (χ0) is 13.1. The number of carboxylic acid groups (broad SMARTS) is 1. The van der Waals surface area contributed by atoms with Gasteiger partial charge in [0.05, 0.1) is 0 Å². The fourth-order valence-corrected chi connectivity index (χ4v) is 1.53. The number of nitrogens with zero attached hydrogens (tertiary/aromatic N) is 2. The lowest BCUT2D eigenvalue weighted by atomic mass is 10.1. The number of rotatable bonds is 4. The molecule has 0 saturated carbocycles. The first-order valence-electron chi connectivity index (χ1n) is 5.43. The molecule has 0 aliphatic carbocycles. The Morgan fingerprint density at radius 2 is 2.22 bits per heavy atom. The lowest BCUT2D eigenvalue weighted by molar-refractivity contribution is -0.134. The van der Waals surface area contributed by atoms with Crippen LogP contribution >= 0.6 is 0 Å². The fraction of sp³-hybridized carbons (Fsp3) is 0.250. The highest BCUT2D eigenvalue weighted by Gasteiger charge is 2.09. The number of nitrogens with one attached hydrogen (secondary N) is 1. The molecule has 0 unspecified atom stereocenters. The minimum absolute atomic E-state index is 0.132. The average Bonchev–Trinajstić information content (AvgIpc) is 2.74. The maximum Gasteiger partial charge on any atom is 0.322 e. The highest BCUT2D eigenvalue weighted by Crippen LogP contribution is 2.24. The first kappa shape index (κ1) is 12.1. The monoisotopic (exact) mass is 247 g/mol. The molecule has 0 amide bonds. The second-order valence-electron chi connectivity index (χ2n) is 3.92. The van der Waals surface area contributed by atoms with Gasteiger partial charge < -0.3 is 14.9 Å². The lowest BCUT2D eigenvalue weighted by Gasteiger charge is -2.08. The van der Waals surface area contributed by atoms with E-state index in [9.17, 15) is 4.79 Å². The van der Waals surface area contributed by atoms with Gasteiger partial charge in [-0.3, -0.25) is 4.79 Å². The van der Waals surface area contributed by atoms with Crippen LogP contribution < -0.4 is 5.32 Å². The van der Waals surface area contributed by atoms with Gasteiger partial charge in [0.1, 0.15) is 6.54 Å². The van der Waals surface area contributed by atoms with Crippen molar-refractivity contribution in [2.75, 3.05) is 11.9 Å². The summed E-state index contributed by atoms with van der Waals surface area (Å²) in [6.07, 6.45) is 0. The number of hydrogen-bond donors (Lipinski definition) is 2. The molecule has 1 aromatic carbocycles. The van der Waals surface area contributed by atoms with E-state index in [0.717, 1.165) is 16.8 Å². The Bertz CT molecular complexity index is 578. The van der Waals surface area contributed by atoms with Crippen LogP contribution in [-0.2, 0) is 4.79 Å². The number of aliphatic carboxylic acids is 1. The van der Waals surface area contributed by atoms with Crippen LogP contribution in [-0.4, -0.2) is 27.8 Å². The minimum atomic E-state index is -0.909. The number of anilines is 1. The molecule has 0 saturated heterocycles. The summed E-state index contributed by atoms with van der Waals surface area (Å²) in [6, 6.07) is 5.53. The van der Waals surface area contributed by atoms with Crippen LogP contribution in [0.3, 0.4) is 0 Å². The van der Waals surface area contributed by atoms with E-state index < -0.39 is 5.97 Å². The Kier molecular flexibility index (Phi) is 3.27. The van der Waals surface area contributed by atoms with Crippen LogP contribution in [0.4, 0.5) is 5.69 Å². The Hall–Kier alpha value is -2.37. The van der Waals surface area contributed by atoms with Crippen molar-refractivity contribution in [3.8, 4) is 11.5 Å². The predicted molar refractivity (Wildman–Crippen MR) is 65.3 cm³/mol. The molecular weight excluding hydrogens is 234 g/mol. The van der Waals surface area contributed by atoms with E-state index in [1.807, 2.05) is 19.1 Å². The second-order valence-corrected chi connectivity index (χ2v) is 3.92. The topological polar surface area (TPSA) is 88.2 Å². The number of benzene rings is 1. The molecule has 94 valence electrons. The van der Waals surface area contributed by atoms with E-state index >= 15 is 0 Å². The summed E-state index contributed by atoms with van der Waals surface area (Å²) in [5.74, 6) is 0.0740. The van der Waals surface area contributed by atoms with Crippen molar-refractivity contribution in [2.24, 2.45) is 0 Å². The van der Waals surface area contributed by atoms with E-state index in [4.69, 9.17) is 9.63 Å². The molecular formula is C12H13N3O3. The van der Waals surface area contributed by atoms with E-state index in [1.54, 1.807) is 13.0 Å². The minimum Gasteiger partial charge on any atom is -0.480 e. The van der Waals surface area contributed by atoms with Gasteiger partial charge in [0, 0.05) is 11.3 Å². The Balaban J connectivity index is 2.28. The number of carbonyl (C=O) groups is 1. The summed E-state index contributed by atoms with van der Waals surface area (Å²) >= 11 is 0. The normalized spacial score (nSPS) is 10.3. The van der Waals surface area contributed by atoms with Gasteiger partial charge in [0.15, 0.2) is 5.82 Å². The van der Waals surface area contributed by atoms with E-state index in [2.05, 4.69) is 15.5 Å². The smallest absolute Gasteiger partial charge is 0.322 e. The summed E-state index contributed by atoms with van der Waals surface area (Å²) in [6.45, 7) is 3.50. The van der Waals surface area contributed by atoms with Crippen molar-refractivity contribution < 1.29 is 14.4 Å². The average molecular weight is 247 g/mol. The number of hydrogen-bond acceptors (Lipinski definition) is 5. The van der Waals surface area contributed by atoms with Crippen LogP contribution in [0.1, 0.15) is 11.4 Å². The first-order chi connectivity index (χ1) is 8.56. The van der Waals surface area contributed by atoms with Crippen molar-refractivity contribution in [3.05, 3.63) is 29.6 Å². The molecule has 1 heterocycles. The van der Waals surface area contributed by atoms with Crippen LogP contribution in [0.25, 0.3) is 11.5 Å². The zero-order valence-electron chi connectivity index (χ0n) is 10.1. The molecule has 6 nitrogen and oxygen atoms in total. The highest BCUT2D eigenvalue weighted by atomic mass is 16.5. The molecule has 0 aliphatic heterocycles. The third-order valence-corrected chi connectivity index (χ3v) is 2.44. The molecule has 18 heavy (non-hydrogen) atoms. The van der Waals surface area contributed by atoms with Gasteiger partial charge in [-0.15, -0.1) is 0 Å². The van der Waals surface area contributed by atoms with E-state index in [1.165, 1.54) is 0 Å². The zero-order valence-corrected chi connectivity index (χ0v) is 10.1. The molecule has 6 heteroatoms. The predicted octanol–water partition coefficient (Wildman–Crippen LogP) is 1.85. The second kappa shape index (κ2) is 4.87. The van der Waals surface area contributed by atoms with Crippen molar-refractivity contribution >= 4 is 11.7 Å². The third-order valence-electron chi connectivity index (χ3n) is 2.44. The molecule has 0 bridgehead atoms. The summed E-state index contributed by atoms with van der Waals surface area (Å²) in [4.78, 5) is 14.7. The maximum absolute atomic E-state index is 10.5. The molecule has 0 aliphatic rings. The van der Waals surface area contributed by atoms with Crippen LogP contribution in [0, 0.1) is 13.8 Å². The highest BCUT2D eigenvalue weighted by molar-refractivity contribution is 5.74. The molecule has 0 fully saturated rings. The van der Waals surface area contributed by atoms with E-state index in [-0.39, 0.29) is 6.54 Å². The van der Waals surface area contributed by atoms with Gasteiger partial charge in [-0.05, 0) is 31.5 Å². The SMILES string of the molecule is Cc1noc(-c2ccc(C)c(NCC(=O)O)c2)n1. The molecule has 2 N–H and O–H groups in total. The summed E-state index contributed by atoms with van der Waals surface area (Å²) < 4.78 is 5.07. The maximum atomic E-state index is 10.5. The molecule has 2 rings (SSSR count). The van der Waals surface area contributed by atoms with Crippen LogP contribution in [0.2, 0.25) is 0 Å². The standard InChI is InChI=1S/C12H13N3O3/c1-7-3-4-9(12-14-8(2)15-18-12)5-10(7)13-6-11(16)17/h3-5,13H,6H2,1-2H3,(H,16,17). The largest absolute Gasteiger partial charge is 0.480 e. The van der Waals surface area contributed by atoms with Crippen LogP contribution in [0.15, 0.2) is 22.7 Å². The number of carboxylic acids is 1. The van der Waals surface area contributed by atoms with Gasteiger partial charge in [-0.1, -0.05) is 11.2 Å². The Labute approximate surface area is 104 Å². The van der Waals surface area contributed by atoms with Gasteiger partial charge in [-0.2, -0.15) is 4.98 Å². The summed E-state index contributed by atoms with van der Waals surface area (Å²) in [7, 11) is 0. The lowest BCUT2D eigenvalue weighted by Crippen LogP contribution is -2.13. The van der Waals surface area contributed by atoms with E-state index in [0.29, 0.717) is 11.7 Å².